The van der Waals surface area contributed by atoms with E-state index in [-0.39, 0.29) is 22.9 Å². The van der Waals surface area contributed by atoms with E-state index in [1.54, 1.807) is 0 Å². The minimum atomic E-state index is -2.84. The Kier molecular flexibility index (Phi) is 1.71. The van der Waals surface area contributed by atoms with Crippen molar-refractivity contribution in [2.75, 3.05) is 11.5 Å². The molecule has 54 valence electrons. The molecule has 2 atom stereocenters. The number of sulfone groups is 1. The standard InChI is InChI=1S/C4H8ClNO2S/c5-3-1-9(7,8)2-4(3)6/h3-4H,1-2,6H2/p+1. The predicted molar refractivity (Wildman–Crippen MR) is 35.0 cm³/mol. The van der Waals surface area contributed by atoms with E-state index >= 15 is 0 Å². The van der Waals surface area contributed by atoms with Gasteiger partial charge < -0.3 is 5.73 Å². The summed E-state index contributed by atoms with van der Waals surface area (Å²) in [7, 11) is -2.84. The second-order valence-electron chi connectivity index (χ2n) is 2.35. The zero-order chi connectivity index (χ0) is 7.07. The maximum absolute atomic E-state index is 10.7. The highest BCUT2D eigenvalue weighted by molar-refractivity contribution is 7.91. The van der Waals surface area contributed by atoms with Crippen LogP contribution in [0.5, 0.6) is 0 Å². The van der Waals surface area contributed by atoms with Crippen LogP contribution in [0.4, 0.5) is 0 Å². The first-order valence-corrected chi connectivity index (χ1v) is 4.94. The third-order valence-electron chi connectivity index (χ3n) is 1.39. The van der Waals surface area contributed by atoms with Gasteiger partial charge in [-0.3, -0.25) is 0 Å². The Bertz CT molecular complexity index is 185. The summed E-state index contributed by atoms with van der Waals surface area (Å²) in [5.74, 6) is 0.254. The molecule has 1 heterocycles. The summed E-state index contributed by atoms with van der Waals surface area (Å²) < 4.78 is 21.5. The highest BCUT2D eigenvalue weighted by Crippen LogP contribution is 2.14. The van der Waals surface area contributed by atoms with E-state index in [1.165, 1.54) is 0 Å². The van der Waals surface area contributed by atoms with Gasteiger partial charge in [0, 0.05) is 0 Å². The molecule has 0 radical (unpaired) electrons. The second kappa shape index (κ2) is 2.11. The Balaban J connectivity index is 2.77. The average Bonchev–Trinajstić information content (AvgIpc) is 1.79. The van der Waals surface area contributed by atoms with Crippen molar-refractivity contribution in [1.29, 1.82) is 0 Å². The zero-order valence-corrected chi connectivity index (χ0v) is 6.45. The number of hydrogen-bond acceptors (Lipinski definition) is 2. The van der Waals surface area contributed by atoms with Gasteiger partial charge in [-0.1, -0.05) is 0 Å². The van der Waals surface area contributed by atoms with E-state index in [0.717, 1.165) is 0 Å². The van der Waals surface area contributed by atoms with Crippen LogP contribution < -0.4 is 5.73 Å². The Morgan fingerprint density at radius 3 is 2.11 bits per heavy atom. The highest BCUT2D eigenvalue weighted by Gasteiger charge is 2.36. The molecule has 1 fully saturated rings. The third-order valence-corrected chi connectivity index (χ3v) is 3.89. The summed E-state index contributed by atoms with van der Waals surface area (Å²) in [5, 5.41) is -0.269. The van der Waals surface area contributed by atoms with Crippen molar-refractivity contribution in [3.63, 3.8) is 0 Å². The molecule has 0 aliphatic carbocycles. The van der Waals surface area contributed by atoms with E-state index in [1.807, 2.05) is 0 Å². The number of rotatable bonds is 0. The summed E-state index contributed by atoms with van der Waals surface area (Å²) in [5.41, 5.74) is 3.60. The van der Waals surface area contributed by atoms with Crippen LogP contribution in [0.3, 0.4) is 0 Å². The maximum Gasteiger partial charge on any atom is 0.157 e. The predicted octanol–water partition coefficient (Wildman–Crippen LogP) is -1.37. The van der Waals surface area contributed by atoms with Gasteiger partial charge in [0.25, 0.3) is 0 Å². The Morgan fingerprint density at radius 2 is 2.00 bits per heavy atom. The molecule has 9 heavy (non-hydrogen) atoms. The van der Waals surface area contributed by atoms with Crippen LogP contribution in [-0.4, -0.2) is 31.3 Å². The second-order valence-corrected chi connectivity index (χ2v) is 5.07. The van der Waals surface area contributed by atoms with Crippen molar-refractivity contribution >= 4 is 21.4 Å². The fraction of sp³-hybridized carbons (Fsp3) is 1.00. The van der Waals surface area contributed by atoms with Gasteiger partial charge in [0.15, 0.2) is 9.84 Å². The summed E-state index contributed by atoms with van der Waals surface area (Å²) in [6, 6.07) is -0.114. The van der Waals surface area contributed by atoms with E-state index < -0.39 is 9.84 Å². The number of hydrogen-bond donors (Lipinski definition) is 1. The van der Waals surface area contributed by atoms with Crippen LogP contribution in [0, 0.1) is 0 Å². The molecule has 0 aromatic carbocycles. The molecular weight excluding hydrogens is 162 g/mol. The quantitative estimate of drug-likeness (QED) is 0.456. The molecule has 1 saturated heterocycles. The molecule has 3 N–H and O–H groups in total. The minimum Gasteiger partial charge on any atom is -0.353 e. The number of quaternary nitrogens is 1. The van der Waals surface area contributed by atoms with Crippen LogP contribution in [0.1, 0.15) is 0 Å². The first kappa shape index (κ1) is 7.31. The summed E-state index contributed by atoms with van der Waals surface area (Å²) >= 11 is 5.61. The molecule has 2 unspecified atom stereocenters. The van der Waals surface area contributed by atoms with Gasteiger partial charge in [0.05, 0.1) is 5.75 Å². The normalized spacial score (nSPS) is 41.1. The molecule has 0 aromatic rings. The molecule has 1 aliphatic heterocycles. The maximum atomic E-state index is 10.7. The molecule has 1 rings (SSSR count). The van der Waals surface area contributed by atoms with Gasteiger partial charge in [-0.05, 0) is 0 Å². The largest absolute Gasteiger partial charge is 0.353 e. The van der Waals surface area contributed by atoms with E-state index in [2.05, 4.69) is 5.73 Å². The smallest absolute Gasteiger partial charge is 0.157 e. The lowest BCUT2D eigenvalue weighted by Crippen LogP contribution is -2.65. The summed E-state index contributed by atoms with van der Waals surface area (Å²) in [4.78, 5) is 0. The molecule has 0 bridgehead atoms. The molecule has 0 spiro atoms. The topological polar surface area (TPSA) is 61.8 Å². The van der Waals surface area contributed by atoms with Crippen LogP contribution in [0.15, 0.2) is 0 Å². The first-order valence-electron chi connectivity index (χ1n) is 2.69. The average molecular weight is 171 g/mol. The van der Waals surface area contributed by atoms with Crippen LogP contribution >= 0.6 is 11.6 Å². The van der Waals surface area contributed by atoms with Gasteiger partial charge >= 0.3 is 0 Å². The molecule has 0 amide bonds. The Morgan fingerprint density at radius 1 is 1.44 bits per heavy atom. The fourth-order valence-corrected chi connectivity index (χ4v) is 3.43. The SMILES string of the molecule is [NH3+]C1CS(=O)(=O)CC1Cl. The van der Waals surface area contributed by atoms with Gasteiger partial charge in [0.1, 0.15) is 17.2 Å². The number of alkyl halides is 1. The van der Waals surface area contributed by atoms with Crippen molar-refractivity contribution < 1.29 is 14.2 Å². The van der Waals surface area contributed by atoms with E-state index in [4.69, 9.17) is 11.6 Å². The number of halogens is 1. The lowest BCUT2D eigenvalue weighted by Gasteiger charge is -1.96. The van der Waals surface area contributed by atoms with Gasteiger partial charge in [-0.2, -0.15) is 0 Å². The monoisotopic (exact) mass is 170 g/mol. The minimum absolute atomic E-state index is 0.0999. The zero-order valence-electron chi connectivity index (χ0n) is 4.88. The van der Waals surface area contributed by atoms with Gasteiger partial charge in [-0.25, -0.2) is 8.42 Å². The van der Waals surface area contributed by atoms with Crippen LogP contribution in [-0.2, 0) is 9.84 Å². The fourth-order valence-electron chi connectivity index (χ4n) is 0.877. The molecule has 0 aromatic heterocycles. The molecule has 3 nitrogen and oxygen atoms in total. The van der Waals surface area contributed by atoms with Crippen LogP contribution in [0.2, 0.25) is 0 Å². The third kappa shape index (κ3) is 1.56. The van der Waals surface area contributed by atoms with Crippen LogP contribution in [0.25, 0.3) is 0 Å². The van der Waals surface area contributed by atoms with Crippen molar-refractivity contribution in [3.05, 3.63) is 0 Å². The Hall–Kier alpha value is 0.200. The van der Waals surface area contributed by atoms with Crippen molar-refractivity contribution in [1.82, 2.24) is 0 Å². The van der Waals surface area contributed by atoms with Crippen molar-refractivity contribution in [2.45, 2.75) is 11.4 Å². The molecule has 0 saturated carbocycles. The van der Waals surface area contributed by atoms with Gasteiger partial charge in [0.2, 0.25) is 0 Å². The van der Waals surface area contributed by atoms with Crippen molar-refractivity contribution in [3.8, 4) is 0 Å². The van der Waals surface area contributed by atoms with E-state index in [0.29, 0.717) is 0 Å². The first-order chi connectivity index (χ1) is 4.01. The van der Waals surface area contributed by atoms with E-state index in [9.17, 15) is 8.42 Å². The lowest BCUT2D eigenvalue weighted by atomic mass is 10.3. The lowest BCUT2D eigenvalue weighted by molar-refractivity contribution is -0.409. The Labute approximate surface area is 59.1 Å². The summed E-state index contributed by atoms with van der Waals surface area (Å²) in [6.45, 7) is 0. The molecule has 1 aliphatic rings. The molecule has 5 heteroatoms. The molecular formula is C4H9ClNO2S+. The van der Waals surface area contributed by atoms with Crippen molar-refractivity contribution in [2.24, 2.45) is 0 Å². The summed E-state index contributed by atoms with van der Waals surface area (Å²) in [6.07, 6.45) is 0. The van der Waals surface area contributed by atoms with Gasteiger partial charge in [-0.15, -0.1) is 11.6 Å². The highest BCUT2D eigenvalue weighted by atomic mass is 35.5.